The first-order valence-corrected chi connectivity index (χ1v) is 10.3. The van der Waals surface area contributed by atoms with Crippen LogP contribution in [-0.2, 0) is 0 Å². The Morgan fingerprint density at radius 1 is 0.818 bits per heavy atom. The Morgan fingerprint density at radius 2 is 1.18 bits per heavy atom. The van der Waals surface area contributed by atoms with E-state index in [2.05, 4.69) is 40.2 Å². The summed E-state index contributed by atoms with van der Waals surface area (Å²) in [7, 11) is -0.411. The molecule has 0 nitrogen and oxygen atoms in total. The first-order chi connectivity index (χ1) is 10.3. The summed E-state index contributed by atoms with van der Waals surface area (Å²) >= 11 is 0. The van der Waals surface area contributed by atoms with E-state index in [1.54, 1.807) is 0 Å². The molecule has 0 N–H and O–H groups in total. The van der Waals surface area contributed by atoms with Gasteiger partial charge in [0.15, 0.2) is 0 Å². The number of rotatable bonds is 6. The van der Waals surface area contributed by atoms with Crippen molar-refractivity contribution in [3.05, 3.63) is 48.1 Å². The highest BCUT2D eigenvalue weighted by Crippen LogP contribution is 2.67. The minimum Gasteiger partial charge on any atom is -0.0955 e. The first kappa shape index (κ1) is 16.3. The molecule has 0 aromatic heterocycles. The van der Waals surface area contributed by atoms with Crippen molar-refractivity contribution in [1.29, 1.82) is 0 Å². The molecule has 0 aromatic carbocycles. The van der Waals surface area contributed by atoms with E-state index in [-0.39, 0.29) is 0 Å². The highest BCUT2D eigenvalue weighted by molar-refractivity contribution is 7.66. The van der Waals surface area contributed by atoms with Gasteiger partial charge in [0.1, 0.15) is 0 Å². The summed E-state index contributed by atoms with van der Waals surface area (Å²) in [6.07, 6.45) is 10.2. The Hall–Kier alpha value is -0.610. The van der Waals surface area contributed by atoms with Crippen LogP contribution in [-0.4, -0.2) is 6.16 Å². The topological polar surface area (TPSA) is 0 Å². The Labute approximate surface area is 138 Å². The van der Waals surface area contributed by atoms with Crippen molar-refractivity contribution in [2.45, 2.75) is 52.4 Å². The maximum atomic E-state index is 4.38. The standard InChI is InChI=1S/C21H31P/c1-14(2)16(5)22(17(6)15(3)4)13-21-10-18-7-19(11-21)9-20(8-18)12-21/h18-20H,1,3,5-13H2,2,4H3. The highest BCUT2D eigenvalue weighted by atomic mass is 31.1. The lowest BCUT2D eigenvalue weighted by atomic mass is 9.50. The molecule has 0 atom stereocenters. The fraction of sp³-hybridized carbons (Fsp3) is 0.619. The molecule has 0 aromatic rings. The van der Waals surface area contributed by atoms with Crippen LogP contribution in [0, 0.1) is 23.2 Å². The maximum absolute atomic E-state index is 4.38. The van der Waals surface area contributed by atoms with Crippen molar-refractivity contribution in [2.75, 3.05) is 6.16 Å². The predicted octanol–water partition coefficient (Wildman–Crippen LogP) is 6.86. The largest absolute Gasteiger partial charge is 0.0955 e. The maximum Gasteiger partial charge on any atom is -0.0188 e. The lowest BCUT2D eigenvalue weighted by Crippen LogP contribution is -2.47. The van der Waals surface area contributed by atoms with Crippen molar-refractivity contribution in [2.24, 2.45) is 23.2 Å². The van der Waals surface area contributed by atoms with Crippen LogP contribution in [0.2, 0.25) is 0 Å². The highest BCUT2D eigenvalue weighted by Gasteiger charge is 2.51. The van der Waals surface area contributed by atoms with Gasteiger partial charge >= 0.3 is 0 Å². The van der Waals surface area contributed by atoms with Gasteiger partial charge in [0, 0.05) is 0 Å². The minimum atomic E-state index is -0.411. The van der Waals surface area contributed by atoms with Crippen LogP contribution in [0.1, 0.15) is 52.4 Å². The predicted molar refractivity (Wildman–Crippen MR) is 100 cm³/mol. The van der Waals surface area contributed by atoms with Gasteiger partial charge in [-0.25, -0.2) is 0 Å². The molecule has 4 rings (SSSR count). The van der Waals surface area contributed by atoms with Crippen molar-refractivity contribution in [3.8, 4) is 0 Å². The molecule has 4 bridgehead atoms. The minimum absolute atomic E-state index is 0.411. The summed E-state index contributed by atoms with van der Waals surface area (Å²) in [5.41, 5.74) is 2.86. The normalized spacial score (nSPS) is 35.7. The monoisotopic (exact) mass is 314 g/mol. The second-order valence-corrected chi connectivity index (χ2v) is 10.7. The van der Waals surface area contributed by atoms with Gasteiger partial charge in [-0.3, -0.25) is 0 Å². The zero-order valence-corrected chi connectivity index (χ0v) is 15.4. The Bertz CT molecular complexity index is 475. The van der Waals surface area contributed by atoms with Crippen molar-refractivity contribution in [3.63, 3.8) is 0 Å². The quantitative estimate of drug-likeness (QED) is 0.371. The molecule has 120 valence electrons. The van der Waals surface area contributed by atoms with E-state index in [0.29, 0.717) is 5.41 Å². The molecule has 4 saturated carbocycles. The average molecular weight is 314 g/mol. The van der Waals surface area contributed by atoms with Crippen LogP contribution in [0.3, 0.4) is 0 Å². The van der Waals surface area contributed by atoms with Crippen molar-refractivity contribution >= 4 is 7.92 Å². The summed E-state index contributed by atoms with van der Waals surface area (Å²) < 4.78 is 0. The molecule has 0 radical (unpaired) electrons. The lowest BCUT2D eigenvalue weighted by molar-refractivity contribution is -0.0386. The average Bonchev–Trinajstić information content (AvgIpc) is 2.41. The number of hydrogen-bond acceptors (Lipinski definition) is 0. The molecule has 4 aliphatic carbocycles. The van der Waals surface area contributed by atoms with Gasteiger partial charge in [-0.15, -0.1) is 0 Å². The van der Waals surface area contributed by atoms with Crippen LogP contribution >= 0.6 is 7.92 Å². The zero-order chi connectivity index (χ0) is 16.1. The summed E-state index contributed by atoms with van der Waals surface area (Å²) in [5.74, 6) is 3.04. The molecule has 0 heterocycles. The first-order valence-electron chi connectivity index (χ1n) is 8.77. The SMILES string of the molecule is C=C(C)C(=C)P(CC12CC3CC(CC(C3)C1)C2)C(=C)C(=C)C. The molecule has 4 aliphatic rings. The lowest BCUT2D eigenvalue weighted by Gasteiger charge is -2.58. The zero-order valence-electron chi connectivity index (χ0n) is 14.5. The molecule has 0 unspecified atom stereocenters. The third kappa shape index (κ3) is 2.92. The molecular formula is C21H31P. The Morgan fingerprint density at radius 3 is 1.50 bits per heavy atom. The van der Waals surface area contributed by atoms with Crippen LogP contribution in [0.25, 0.3) is 0 Å². The van der Waals surface area contributed by atoms with Gasteiger partial charge in [0.2, 0.25) is 0 Å². The third-order valence-corrected chi connectivity index (χ3v) is 9.35. The fourth-order valence-corrected chi connectivity index (χ4v) is 8.32. The number of hydrogen-bond donors (Lipinski definition) is 0. The van der Waals surface area contributed by atoms with E-state index in [4.69, 9.17) is 0 Å². The fourth-order valence-electron chi connectivity index (χ4n) is 5.63. The van der Waals surface area contributed by atoms with E-state index in [1.165, 1.54) is 55.3 Å². The molecular weight excluding hydrogens is 283 g/mol. The Balaban J connectivity index is 1.84. The van der Waals surface area contributed by atoms with Crippen LogP contribution in [0.4, 0.5) is 0 Å². The molecule has 0 amide bonds. The summed E-state index contributed by atoms with van der Waals surface area (Å²) in [4.78, 5) is 0. The van der Waals surface area contributed by atoms with Gasteiger partial charge in [0.25, 0.3) is 0 Å². The molecule has 0 saturated heterocycles. The summed E-state index contributed by atoms with van der Waals surface area (Å²) in [5, 5.41) is 2.50. The second kappa shape index (κ2) is 5.79. The van der Waals surface area contributed by atoms with E-state index in [9.17, 15) is 0 Å². The van der Waals surface area contributed by atoms with Gasteiger partial charge in [0.05, 0.1) is 0 Å². The van der Waals surface area contributed by atoms with Gasteiger partial charge in [-0.2, -0.15) is 0 Å². The molecule has 0 spiro atoms. The molecule has 4 fully saturated rings. The van der Waals surface area contributed by atoms with Crippen LogP contribution in [0.15, 0.2) is 48.1 Å². The van der Waals surface area contributed by atoms with Gasteiger partial charge in [-0.05, 0) is 100 Å². The number of allylic oxidation sites excluding steroid dienone is 4. The van der Waals surface area contributed by atoms with Gasteiger partial charge in [-0.1, -0.05) is 37.5 Å². The van der Waals surface area contributed by atoms with E-state index in [1.807, 2.05) is 0 Å². The molecule has 0 aliphatic heterocycles. The van der Waals surface area contributed by atoms with Gasteiger partial charge < -0.3 is 0 Å². The van der Waals surface area contributed by atoms with Crippen LogP contribution < -0.4 is 0 Å². The van der Waals surface area contributed by atoms with Crippen LogP contribution in [0.5, 0.6) is 0 Å². The van der Waals surface area contributed by atoms with Crippen molar-refractivity contribution < 1.29 is 0 Å². The third-order valence-electron chi connectivity index (χ3n) is 6.30. The van der Waals surface area contributed by atoms with E-state index in [0.717, 1.165) is 28.9 Å². The Kier molecular flexibility index (Phi) is 4.28. The smallest absolute Gasteiger partial charge is 0.0188 e. The van der Waals surface area contributed by atoms with Crippen molar-refractivity contribution in [1.82, 2.24) is 0 Å². The summed E-state index contributed by atoms with van der Waals surface area (Å²) in [6.45, 7) is 21.3. The molecule has 22 heavy (non-hydrogen) atoms. The van der Waals surface area contributed by atoms with E-state index < -0.39 is 7.92 Å². The second-order valence-electron chi connectivity index (χ2n) is 8.46. The summed E-state index contributed by atoms with van der Waals surface area (Å²) in [6, 6.07) is 0. The van der Waals surface area contributed by atoms with E-state index >= 15 is 0 Å². The molecule has 1 heteroatoms.